The van der Waals surface area contributed by atoms with Crippen LogP contribution in [0.25, 0.3) is 0 Å². The molecule has 1 aliphatic rings. The largest absolute Gasteiger partial charge is 0.352 e. The molecule has 0 bridgehead atoms. The van der Waals surface area contributed by atoms with Crippen LogP contribution in [0.15, 0.2) is 78.9 Å². The fraction of sp³-hybridized carbons (Fsp3) is 0.375. The molecule has 0 spiro atoms. The van der Waals surface area contributed by atoms with Crippen LogP contribution in [0, 0.1) is 6.92 Å². The summed E-state index contributed by atoms with van der Waals surface area (Å²) in [7, 11) is 0. The van der Waals surface area contributed by atoms with Gasteiger partial charge in [-0.25, -0.2) is 0 Å². The first-order valence-corrected chi connectivity index (χ1v) is 15.0. The van der Waals surface area contributed by atoms with Gasteiger partial charge < -0.3 is 10.2 Å². The van der Waals surface area contributed by atoms with Gasteiger partial charge in [0, 0.05) is 29.8 Å². The molecule has 1 unspecified atom stereocenters. The molecule has 4 nitrogen and oxygen atoms in total. The molecular formula is C32H37ClN2O2S. The molecule has 2 amide bonds. The van der Waals surface area contributed by atoms with Gasteiger partial charge in [0.25, 0.3) is 0 Å². The highest BCUT2D eigenvalue weighted by molar-refractivity contribution is 7.99. The number of benzene rings is 3. The number of thioether (sulfide) groups is 1. The highest BCUT2D eigenvalue weighted by atomic mass is 35.5. The smallest absolute Gasteiger partial charge is 0.243 e. The fourth-order valence-electron chi connectivity index (χ4n) is 5.04. The minimum Gasteiger partial charge on any atom is -0.352 e. The molecule has 4 rings (SSSR count). The van der Waals surface area contributed by atoms with Crippen molar-refractivity contribution >= 4 is 35.2 Å². The van der Waals surface area contributed by atoms with Gasteiger partial charge in [0.2, 0.25) is 11.8 Å². The van der Waals surface area contributed by atoms with E-state index in [1.165, 1.54) is 6.42 Å². The van der Waals surface area contributed by atoms with E-state index in [1.807, 2.05) is 72.8 Å². The van der Waals surface area contributed by atoms with Crippen molar-refractivity contribution < 1.29 is 9.59 Å². The van der Waals surface area contributed by atoms with Gasteiger partial charge in [0.1, 0.15) is 6.04 Å². The Balaban J connectivity index is 1.57. The molecule has 1 saturated carbocycles. The lowest BCUT2D eigenvalue weighted by Crippen LogP contribution is -2.53. The number of nitrogens with zero attached hydrogens (tertiary/aromatic N) is 1. The van der Waals surface area contributed by atoms with Crippen LogP contribution in [0.2, 0.25) is 5.02 Å². The maximum Gasteiger partial charge on any atom is 0.243 e. The third-order valence-corrected chi connectivity index (χ3v) is 8.43. The number of hydrogen-bond donors (Lipinski definition) is 1. The SMILES string of the molecule is Cc1ccccc1CN(C(=O)CSCc1cccc(Cl)c1)C(Cc1ccccc1)C(=O)NC1CCCCC1. The summed E-state index contributed by atoms with van der Waals surface area (Å²) in [5.74, 6) is 0.894. The number of hydrogen-bond acceptors (Lipinski definition) is 3. The van der Waals surface area contributed by atoms with Crippen LogP contribution >= 0.6 is 23.4 Å². The molecule has 0 aromatic heterocycles. The second-order valence-corrected chi connectivity index (χ2v) is 11.5. The maximum atomic E-state index is 13.8. The summed E-state index contributed by atoms with van der Waals surface area (Å²) in [6.45, 7) is 2.46. The van der Waals surface area contributed by atoms with E-state index >= 15 is 0 Å². The van der Waals surface area contributed by atoms with E-state index in [1.54, 1.807) is 16.7 Å². The Kier molecular flexibility index (Phi) is 10.7. The Morgan fingerprint density at radius 1 is 0.947 bits per heavy atom. The number of rotatable bonds is 11. The lowest BCUT2D eigenvalue weighted by atomic mass is 9.94. The average Bonchev–Trinajstić information content (AvgIpc) is 2.92. The Morgan fingerprint density at radius 3 is 2.39 bits per heavy atom. The van der Waals surface area contributed by atoms with E-state index in [2.05, 4.69) is 18.3 Å². The summed E-state index contributed by atoms with van der Waals surface area (Å²) in [6, 6.07) is 25.4. The Bertz CT molecular complexity index is 1200. The van der Waals surface area contributed by atoms with E-state index in [4.69, 9.17) is 11.6 Å². The van der Waals surface area contributed by atoms with E-state index in [0.717, 1.165) is 47.9 Å². The van der Waals surface area contributed by atoms with E-state index < -0.39 is 6.04 Å². The monoisotopic (exact) mass is 548 g/mol. The van der Waals surface area contributed by atoms with Gasteiger partial charge in [-0.3, -0.25) is 9.59 Å². The molecule has 1 atom stereocenters. The first-order valence-electron chi connectivity index (χ1n) is 13.5. The van der Waals surface area contributed by atoms with Gasteiger partial charge in [-0.15, -0.1) is 11.8 Å². The van der Waals surface area contributed by atoms with Crippen LogP contribution in [-0.2, 0) is 28.3 Å². The molecule has 38 heavy (non-hydrogen) atoms. The fourth-order valence-corrected chi connectivity index (χ4v) is 6.11. The second kappa shape index (κ2) is 14.4. The molecule has 0 saturated heterocycles. The molecule has 0 aliphatic heterocycles. The molecule has 0 heterocycles. The van der Waals surface area contributed by atoms with E-state index in [-0.39, 0.29) is 17.9 Å². The molecule has 1 aliphatic carbocycles. The normalized spacial score (nSPS) is 14.6. The quantitative estimate of drug-likeness (QED) is 0.281. The predicted octanol–water partition coefficient (Wildman–Crippen LogP) is 6.97. The van der Waals surface area contributed by atoms with Gasteiger partial charge in [-0.05, 0) is 54.2 Å². The van der Waals surface area contributed by atoms with Crippen LogP contribution in [0.5, 0.6) is 0 Å². The molecule has 0 radical (unpaired) electrons. The van der Waals surface area contributed by atoms with Crippen molar-refractivity contribution in [3.8, 4) is 0 Å². The molecule has 3 aromatic rings. The second-order valence-electron chi connectivity index (χ2n) is 10.1. The minimum atomic E-state index is -0.585. The average molecular weight is 549 g/mol. The van der Waals surface area contributed by atoms with Crippen LogP contribution < -0.4 is 5.32 Å². The van der Waals surface area contributed by atoms with Crippen molar-refractivity contribution in [2.75, 3.05) is 5.75 Å². The summed E-state index contributed by atoms with van der Waals surface area (Å²) >= 11 is 7.70. The van der Waals surface area contributed by atoms with Gasteiger partial charge >= 0.3 is 0 Å². The number of carbonyl (C=O) groups is 2. The lowest BCUT2D eigenvalue weighted by Gasteiger charge is -2.34. The van der Waals surface area contributed by atoms with Crippen molar-refractivity contribution in [2.45, 2.75) is 69.8 Å². The molecule has 1 N–H and O–H groups in total. The van der Waals surface area contributed by atoms with Crippen LogP contribution in [0.4, 0.5) is 0 Å². The summed E-state index contributed by atoms with van der Waals surface area (Å²) in [5, 5.41) is 4.00. The highest BCUT2D eigenvalue weighted by Crippen LogP contribution is 2.22. The Labute approximate surface area is 236 Å². The minimum absolute atomic E-state index is 0.0278. The van der Waals surface area contributed by atoms with E-state index in [9.17, 15) is 9.59 Å². The Morgan fingerprint density at radius 2 is 1.66 bits per heavy atom. The van der Waals surface area contributed by atoms with Crippen LogP contribution in [0.3, 0.4) is 0 Å². The zero-order chi connectivity index (χ0) is 26.7. The van der Waals surface area contributed by atoms with E-state index in [0.29, 0.717) is 29.5 Å². The third kappa shape index (κ3) is 8.37. The van der Waals surface area contributed by atoms with Gasteiger partial charge in [0.15, 0.2) is 0 Å². The van der Waals surface area contributed by atoms with Crippen molar-refractivity contribution in [1.82, 2.24) is 10.2 Å². The number of aryl methyl sites for hydroxylation is 1. The topological polar surface area (TPSA) is 49.4 Å². The first kappa shape index (κ1) is 28.3. The number of amides is 2. The summed E-state index contributed by atoms with van der Waals surface area (Å²) < 4.78 is 0. The molecule has 200 valence electrons. The molecule has 6 heteroatoms. The number of carbonyl (C=O) groups excluding carboxylic acids is 2. The van der Waals surface area contributed by atoms with Crippen molar-refractivity contribution in [2.24, 2.45) is 0 Å². The third-order valence-electron chi connectivity index (χ3n) is 7.21. The Hall–Kier alpha value is -2.76. The molecular weight excluding hydrogens is 512 g/mol. The van der Waals surface area contributed by atoms with Crippen LogP contribution in [-0.4, -0.2) is 34.6 Å². The zero-order valence-electron chi connectivity index (χ0n) is 22.1. The summed E-state index contributed by atoms with van der Waals surface area (Å²) in [4.78, 5) is 29.5. The van der Waals surface area contributed by atoms with Crippen molar-refractivity contribution in [3.63, 3.8) is 0 Å². The number of halogens is 1. The van der Waals surface area contributed by atoms with Crippen molar-refractivity contribution in [3.05, 3.63) is 106 Å². The standard InChI is InChI=1S/C32H37ClN2O2S/c1-24-11-8-9-15-27(24)21-35(31(36)23-38-22-26-14-10-16-28(33)19-26)30(20-25-12-4-2-5-13-25)32(37)34-29-17-6-3-7-18-29/h2,4-5,8-16,19,29-30H,3,6-7,17-18,20-23H2,1H3,(H,34,37). The summed E-state index contributed by atoms with van der Waals surface area (Å²) in [6.07, 6.45) is 5.99. The van der Waals surface area contributed by atoms with Gasteiger partial charge in [0.05, 0.1) is 5.75 Å². The maximum absolute atomic E-state index is 13.8. The zero-order valence-corrected chi connectivity index (χ0v) is 23.6. The first-order chi connectivity index (χ1) is 18.5. The predicted molar refractivity (Wildman–Crippen MR) is 158 cm³/mol. The van der Waals surface area contributed by atoms with Gasteiger partial charge in [-0.1, -0.05) is 97.6 Å². The molecule has 3 aromatic carbocycles. The van der Waals surface area contributed by atoms with Crippen molar-refractivity contribution in [1.29, 1.82) is 0 Å². The number of nitrogens with one attached hydrogen (secondary N) is 1. The lowest BCUT2D eigenvalue weighted by molar-refractivity contribution is -0.139. The summed E-state index contributed by atoms with van der Waals surface area (Å²) in [5.41, 5.74) is 4.30. The highest BCUT2D eigenvalue weighted by Gasteiger charge is 2.32. The van der Waals surface area contributed by atoms with Gasteiger partial charge in [-0.2, -0.15) is 0 Å². The van der Waals surface area contributed by atoms with Crippen LogP contribution in [0.1, 0.15) is 54.4 Å². The molecule has 1 fully saturated rings.